The van der Waals surface area contributed by atoms with Crippen molar-refractivity contribution in [3.05, 3.63) is 53.6 Å². The highest BCUT2D eigenvalue weighted by Crippen LogP contribution is 2.08. The molecule has 0 atom stereocenters. The quantitative estimate of drug-likeness (QED) is 0.852. The third-order valence-corrected chi connectivity index (χ3v) is 2.87. The van der Waals surface area contributed by atoms with Crippen LogP contribution >= 0.6 is 0 Å². The van der Waals surface area contributed by atoms with Crippen LogP contribution in [0.25, 0.3) is 0 Å². The van der Waals surface area contributed by atoms with Crippen molar-refractivity contribution in [3.8, 4) is 0 Å². The number of hydrogen-bond acceptors (Lipinski definition) is 2. The number of nitrogens with one attached hydrogen (secondary N) is 1. The second-order valence-corrected chi connectivity index (χ2v) is 4.17. The van der Waals surface area contributed by atoms with Crippen molar-refractivity contribution in [2.45, 2.75) is 26.4 Å². The van der Waals surface area contributed by atoms with Crippen LogP contribution < -0.4 is 5.32 Å². The topological polar surface area (TPSA) is 29.9 Å². The molecule has 2 aromatic rings. The fourth-order valence-electron chi connectivity index (χ4n) is 1.96. The van der Waals surface area contributed by atoms with Gasteiger partial charge in [-0.2, -0.15) is 0 Å². The fraction of sp³-hybridized carbons (Fsp3) is 0.357. The first kappa shape index (κ1) is 11.9. The van der Waals surface area contributed by atoms with Gasteiger partial charge in [-0.1, -0.05) is 31.2 Å². The Labute approximate surface area is 103 Å². The summed E-state index contributed by atoms with van der Waals surface area (Å²) < 4.78 is 2.20. The van der Waals surface area contributed by atoms with Crippen LogP contribution in [0.4, 0.5) is 0 Å². The van der Waals surface area contributed by atoms with Crippen LogP contribution in [0.5, 0.6) is 0 Å². The largest absolute Gasteiger partial charge is 0.331 e. The second kappa shape index (κ2) is 5.64. The predicted octanol–water partition coefficient (Wildman–Crippen LogP) is 2.21. The Bertz CT molecular complexity index is 457. The molecule has 0 unspecified atom stereocenters. The van der Waals surface area contributed by atoms with Gasteiger partial charge in [0.15, 0.2) is 0 Å². The van der Waals surface area contributed by atoms with E-state index in [4.69, 9.17) is 0 Å². The lowest BCUT2D eigenvalue weighted by atomic mass is 10.1. The van der Waals surface area contributed by atoms with Gasteiger partial charge in [-0.3, -0.25) is 0 Å². The molecule has 0 bridgehead atoms. The number of rotatable bonds is 5. The molecule has 0 aliphatic heterocycles. The molecule has 3 heteroatoms. The summed E-state index contributed by atoms with van der Waals surface area (Å²) in [5.41, 5.74) is 2.63. The van der Waals surface area contributed by atoms with E-state index in [0.717, 1.165) is 25.3 Å². The van der Waals surface area contributed by atoms with Crippen molar-refractivity contribution in [1.29, 1.82) is 0 Å². The van der Waals surface area contributed by atoms with E-state index in [1.807, 2.05) is 19.4 Å². The maximum absolute atomic E-state index is 4.33. The van der Waals surface area contributed by atoms with E-state index in [-0.39, 0.29) is 0 Å². The smallest absolute Gasteiger partial charge is 0.108 e. The lowest BCUT2D eigenvalue weighted by Gasteiger charge is -2.07. The first-order chi connectivity index (χ1) is 8.33. The molecule has 2 rings (SSSR count). The molecule has 1 N–H and O–H groups in total. The number of imidazole rings is 1. The Morgan fingerprint density at radius 1 is 1.18 bits per heavy atom. The van der Waals surface area contributed by atoms with Crippen LogP contribution in [-0.4, -0.2) is 16.6 Å². The molecule has 0 fully saturated rings. The van der Waals surface area contributed by atoms with Gasteiger partial charge in [0.2, 0.25) is 0 Å². The van der Waals surface area contributed by atoms with E-state index < -0.39 is 0 Å². The Morgan fingerprint density at radius 2 is 1.88 bits per heavy atom. The van der Waals surface area contributed by atoms with Crippen LogP contribution in [0.1, 0.15) is 23.9 Å². The number of aryl methyl sites for hydroxylation is 1. The van der Waals surface area contributed by atoms with E-state index in [1.54, 1.807) is 0 Å². The third kappa shape index (κ3) is 2.94. The molecule has 1 heterocycles. The molecule has 0 radical (unpaired) electrons. The predicted molar refractivity (Wildman–Crippen MR) is 69.9 cm³/mol. The molecule has 0 spiro atoms. The van der Waals surface area contributed by atoms with Gasteiger partial charge in [-0.25, -0.2) is 4.98 Å². The normalized spacial score (nSPS) is 10.7. The van der Waals surface area contributed by atoms with E-state index in [1.165, 1.54) is 11.1 Å². The molecule has 1 aromatic carbocycles. The Morgan fingerprint density at radius 3 is 2.53 bits per heavy atom. The Balaban J connectivity index is 2.08. The fourth-order valence-corrected chi connectivity index (χ4v) is 1.96. The molecule has 0 aliphatic rings. The second-order valence-electron chi connectivity index (χ2n) is 4.17. The molecule has 17 heavy (non-hydrogen) atoms. The summed E-state index contributed by atoms with van der Waals surface area (Å²) in [6, 6.07) is 8.72. The minimum absolute atomic E-state index is 0.906. The van der Waals surface area contributed by atoms with Crippen molar-refractivity contribution in [2.75, 3.05) is 7.05 Å². The monoisotopic (exact) mass is 229 g/mol. The zero-order valence-corrected chi connectivity index (χ0v) is 10.5. The molecular formula is C14H19N3. The summed E-state index contributed by atoms with van der Waals surface area (Å²) >= 11 is 0. The zero-order valence-electron chi connectivity index (χ0n) is 10.5. The summed E-state index contributed by atoms with van der Waals surface area (Å²) in [6.07, 6.45) is 4.89. The van der Waals surface area contributed by atoms with Crippen LogP contribution in [0.15, 0.2) is 36.7 Å². The molecular weight excluding hydrogens is 210 g/mol. The minimum Gasteiger partial charge on any atom is -0.331 e. The summed E-state index contributed by atoms with van der Waals surface area (Å²) in [4.78, 5) is 4.33. The lowest BCUT2D eigenvalue weighted by molar-refractivity contribution is 0.731. The van der Waals surface area contributed by atoms with Crippen molar-refractivity contribution in [2.24, 2.45) is 0 Å². The first-order valence-corrected chi connectivity index (χ1v) is 6.06. The zero-order chi connectivity index (χ0) is 12.1. The summed E-state index contributed by atoms with van der Waals surface area (Å²) in [5.74, 6) is 1.14. The van der Waals surface area contributed by atoms with Gasteiger partial charge >= 0.3 is 0 Å². The van der Waals surface area contributed by atoms with Crippen LogP contribution in [0.2, 0.25) is 0 Å². The summed E-state index contributed by atoms with van der Waals surface area (Å²) in [6.45, 7) is 3.96. The van der Waals surface area contributed by atoms with Crippen LogP contribution in [0.3, 0.4) is 0 Å². The molecule has 1 aromatic heterocycles. The summed E-state index contributed by atoms with van der Waals surface area (Å²) in [7, 11) is 1.97. The Hall–Kier alpha value is -1.61. The molecule has 0 amide bonds. The van der Waals surface area contributed by atoms with Gasteiger partial charge in [-0.05, 0) is 18.2 Å². The Kier molecular flexibility index (Phi) is 3.94. The highest BCUT2D eigenvalue weighted by Gasteiger charge is 2.01. The standard InChI is InChI=1S/C14H19N3/c1-3-14-16-8-9-17(14)11-13-6-4-12(5-7-13)10-15-2/h4-9,15H,3,10-11H2,1-2H3. The molecule has 3 nitrogen and oxygen atoms in total. The third-order valence-electron chi connectivity index (χ3n) is 2.87. The van der Waals surface area contributed by atoms with E-state index in [0.29, 0.717) is 0 Å². The first-order valence-electron chi connectivity index (χ1n) is 6.06. The van der Waals surface area contributed by atoms with Crippen LogP contribution in [-0.2, 0) is 19.5 Å². The number of hydrogen-bond donors (Lipinski definition) is 1. The highest BCUT2D eigenvalue weighted by molar-refractivity contribution is 5.23. The van der Waals surface area contributed by atoms with E-state index in [2.05, 4.69) is 46.1 Å². The van der Waals surface area contributed by atoms with Crippen LogP contribution in [0, 0.1) is 0 Å². The molecule has 0 saturated carbocycles. The average molecular weight is 229 g/mol. The van der Waals surface area contributed by atoms with Gasteiger partial charge in [-0.15, -0.1) is 0 Å². The van der Waals surface area contributed by atoms with Gasteiger partial charge in [0, 0.05) is 31.9 Å². The number of benzene rings is 1. The van der Waals surface area contributed by atoms with E-state index in [9.17, 15) is 0 Å². The van der Waals surface area contributed by atoms with Gasteiger partial charge in [0.05, 0.1) is 0 Å². The maximum Gasteiger partial charge on any atom is 0.108 e. The SMILES string of the molecule is CCc1nccn1Cc1ccc(CNC)cc1. The maximum atomic E-state index is 4.33. The average Bonchev–Trinajstić information content (AvgIpc) is 2.79. The van der Waals surface area contributed by atoms with Crippen molar-refractivity contribution < 1.29 is 0 Å². The highest BCUT2D eigenvalue weighted by atomic mass is 15.1. The summed E-state index contributed by atoms with van der Waals surface area (Å²) in [5, 5.41) is 3.15. The number of nitrogens with zero attached hydrogens (tertiary/aromatic N) is 2. The molecule has 90 valence electrons. The van der Waals surface area contributed by atoms with Gasteiger partial charge < -0.3 is 9.88 Å². The van der Waals surface area contributed by atoms with Crippen molar-refractivity contribution >= 4 is 0 Å². The van der Waals surface area contributed by atoms with Crippen molar-refractivity contribution in [3.63, 3.8) is 0 Å². The lowest BCUT2D eigenvalue weighted by Crippen LogP contribution is -2.06. The molecule has 0 aliphatic carbocycles. The van der Waals surface area contributed by atoms with Gasteiger partial charge in [0.1, 0.15) is 5.82 Å². The van der Waals surface area contributed by atoms with E-state index >= 15 is 0 Å². The molecule has 0 saturated heterocycles. The van der Waals surface area contributed by atoms with Gasteiger partial charge in [0.25, 0.3) is 0 Å². The van der Waals surface area contributed by atoms with Crippen molar-refractivity contribution in [1.82, 2.24) is 14.9 Å². The minimum atomic E-state index is 0.906. The number of aromatic nitrogens is 2.